The Labute approximate surface area is 192 Å². The molecule has 0 radical (unpaired) electrons. The first-order valence-corrected chi connectivity index (χ1v) is 10.4. The summed E-state index contributed by atoms with van der Waals surface area (Å²) < 4.78 is 39.0. The summed E-state index contributed by atoms with van der Waals surface area (Å²) in [6, 6.07) is 3.03. The summed E-state index contributed by atoms with van der Waals surface area (Å²) in [7, 11) is 0. The summed E-state index contributed by atoms with van der Waals surface area (Å²) in [5.41, 5.74) is -0.708. The lowest BCUT2D eigenvalue weighted by Gasteiger charge is -2.11. The molecule has 0 unspecified atom stereocenters. The molecule has 4 rings (SSSR count). The van der Waals surface area contributed by atoms with Gasteiger partial charge in [-0.05, 0) is 18.2 Å². The minimum Gasteiger partial charge on any atom is -0.344 e. The monoisotopic (exact) mass is 496 g/mol. The highest BCUT2D eigenvalue weighted by atomic mass is 35.5. The number of nitrogens with one attached hydrogen (secondary N) is 3. The van der Waals surface area contributed by atoms with E-state index >= 15 is 0 Å². The van der Waals surface area contributed by atoms with Gasteiger partial charge in [0.2, 0.25) is 5.91 Å². The SMILES string of the molecule is O=C1Cc2c(ncnc2C(=O)NCc2ncc(C(=O)Nc3ccc(Cl)c(C(F)(F)F)c3)s2)N1. The molecule has 3 N–H and O–H groups in total. The van der Waals surface area contributed by atoms with Crippen molar-refractivity contribution in [3.8, 4) is 0 Å². The van der Waals surface area contributed by atoms with E-state index in [1.165, 1.54) is 12.3 Å². The fourth-order valence-corrected chi connectivity index (χ4v) is 3.95. The van der Waals surface area contributed by atoms with Crippen LogP contribution < -0.4 is 16.0 Å². The summed E-state index contributed by atoms with van der Waals surface area (Å²) in [6.45, 7) is -0.0316. The number of aromatic nitrogens is 3. The lowest BCUT2D eigenvalue weighted by molar-refractivity contribution is -0.137. The number of anilines is 2. The van der Waals surface area contributed by atoms with Crippen LogP contribution in [0.3, 0.4) is 0 Å². The third-order valence-corrected chi connectivity index (χ3v) is 5.79. The highest BCUT2D eigenvalue weighted by molar-refractivity contribution is 7.13. The van der Waals surface area contributed by atoms with Crippen molar-refractivity contribution < 1.29 is 27.6 Å². The van der Waals surface area contributed by atoms with Gasteiger partial charge in [0.1, 0.15) is 27.7 Å². The van der Waals surface area contributed by atoms with Gasteiger partial charge in [-0.2, -0.15) is 13.2 Å². The van der Waals surface area contributed by atoms with Crippen LogP contribution in [0.1, 0.15) is 36.3 Å². The Balaban J connectivity index is 1.40. The van der Waals surface area contributed by atoms with Gasteiger partial charge in [-0.15, -0.1) is 11.3 Å². The predicted molar refractivity (Wildman–Crippen MR) is 112 cm³/mol. The molecular weight excluding hydrogens is 485 g/mol. The van der Waals surface area contributed by atoms with Crippen molar-refractivity contribution in [3.63, 3.8) is 0 Å². The number of carbonyl (C=O) groups excluding carboxylic acids is 3. The van der Waals surface area contributed by atoms with Crippen molar-refractivity contribution in [2.24, 2.45) is 0 Å². The molecule has 1 aliphatic rings. The van der Waals surface area contributed by atoms with E-state index in [-0.39, 0.29) is 40.9 Å². The molecule has 0 spiro atoms. The zero-order valence-electron chi connectivity index (χ0n) is 16.3. The van der Waals surface area contributed by atoms with E-state index < -0.39 is 28.6 Å². The Morgan fingerprint density at radius 3 is 2.73 bits per heavy atom. The Bertz CT molecular complexity index is 1280. The second kappa shape index (κ2) is 8.75. The van der Waals surface area contributed by atoms with E-state index in [1.54, 1.807) is 0 Å². The molecule has 9 nitrogen and oxygen atoms in total. The number of hydrogen-bond acceptors (Lipinski definition) is 7. The van der Waals surface area contributed by atoms with Crippen LogP contribution >= 0.6 is 22.9 Å². The van der Waals surface area contributed by atoms with Gasteiger partial charge < -0.3 is 16.0 Å². The van der Waals surface area contributed by atoms with Crippen LogP contribution in [0.4, 0.5) is 24.7 Å². The average molecular weight is 497 g/mol. The number of rotatable bonds is 5. The van der Waals surface area contributed by atoms with Crippen molar-refractivity contribution in [2.45, 2.75) is 19.1 Å². The van der Waals surface area contributed by atoms with Gasteiger partial charge in [0.25, 0.3) is 11.8 Å². The molecule has 1 aromatic carbocycles. The molecule has 0 saturated carbocycles. The van der Waals surface area contributed by atoms with Crippen molar-refractivity contribution in [3.05, 3.63) is 62.5 Å². The normalized spacial score (nSPS) is 12.8. The molecule has 0 aliphatic carbocycles. The first kappa shape index (κ1) is 22.6. The molecule has 1 aliphatic heterocycles. The van der Waals surface area contributed by atoms with Gasteiger partial charge in [0, 0.05) is 11.3 Å². The molecular formula is C19H12ClF3N6O3S. The molecule has 0 saturated heterocycles. The maximum Gasteiger partial charge on any atom is 0.417 e. The van der Waals surface area contributed by atoms with E-state index in [9.17, 15) is 27.6 Å². The van der Waals surface area contributed by atoms with E-state index in [4.69, 9.17) is 11.6 Å². The molecule has 33 heavy (non-hydrogen) atoms. The fraction of sp³-hybridized carbons (Fsp3) is 0.158. The molecule has 3 amide bonds. The van der Waals surface area contributed by atoms with Crippen LogP contribution in [-0.4, -0.2) is 32.7 Å². The van der Waals surface area contributed by atoms with Crippen molar-refractivity contribution in [1.82, 2.24) is 20.3 Å². The van der Waals surface area contributed by atoms with E-state index in [0.29, 0.717) is 10.6 Å². The number of benzene rings is 1. The zero-order chi connectivity index (χ0) is 23.8. The van der Waals surface area contributed by atoms with Crippen LogP contribution in [0.5, 0.6) is 0 Å². The summed E-state index contributed by atoms with van der Waals surface area (Å²) in [4.78, 5) is 48.4. The quantitative estimate of drug-likeness (QED) is 0.497. The van der Waals surface area contributed by atoms with Gasteiger partial charge >= 0.3 is 6.18 Å². The minimum absolute atomic E-state index is 0.0126. The van der Waals surface area contributed by atoms with Crippen molar-refractivity contribution in [2.75, 3.05) is 10.6 Å². The average Bonchev–Trinajstić information content (AvgIpc) is 3.38. The lowest BCUT2D eigenvalue weighted by Crippen LogP contribution is -2.25. The second-order valence-electron chi connectivity index (χ2n) is 6.72. The number of nitrogens with zero attached hydrogens (tertiary/aromatic N) is 3. The highest BCUT2D eigenvalue weighted by Crippen LogP contribution is 2.36. The number of amides is 3. The summed E-state index contributed by atoms with van der Waals surface area (Å²) >= 11 is 6.53. The molecule has 14 heteroatoms. The van der Waals surface area contributed by atoms with Crippen LogP contribution in [0.25, 0.3) is 0 Å². The molecule has 0 atom stereocenters. The summed E-state index contributed by atoms with van der Waals surface area (Å²) in [5.74, 6) is -1.23. The van der Waals surface area contributed by atoms with Gasteiger partial charge in [0.05, 0.1) is 29.7 Å². The number of fused-ring (bicyclic) bond motifs is 1. The van der Waals surface area contributed by atoms with Crippen molar-refractivity contribution in [1.29, 1.82) is 0 Å². The molecule has 3 heterocycles. The Kier molecular flexibility index (Phi) is 5.99. The summed E-state index contributed by atoms with van der Waals surface area (Å²) in [6.07, 6.45) is -2.28. The molecule has 170 valence electrons. The number of alkyl halides is 3. The van der Waals surface area contributed by atoms with Gasteiger partial charge in [-0.25, -0.2) is 15.0 Å². The van der Waals surface area contributed by atoms with Gasteiger partial charge in [-0.3, -0.25) is 14.4 Å². The zero-order valence-corrected chi connectivity index (χ0v) is 17.9. The highest BCUT2D eigenvalue weighted by Gasteiger charge is 2.33. The molecule has 2 aromatic heterocycles. The maximum absolute atomic E-state index is 13.0. The molecule has 0 fully saturated rings. The number of thiazole rings is 1. The number of carbonyl (C=O) groups is 3. The third kappa shape index (κ3) is 4.93. The largest absolute Gasteiger partial charge is 0.417 e. The summed E-state index contributed by atoms with van der Waals surface area (Å²) in [5, 5.41) is 7.38. The van der Waals surface area contributed by atoms with E-state index in [0.717, 1.165) is 29.8 Å². The predicted octanol–water partition coefficient (Wildman–Crippen LogP) is 3.28. The minimum atomic E-state index is -4.67. The van der Waals surface area contributed by atoms with Gasteiger partial charge in [0.15, 0.2) is 0 Å². The van der Waals surface area contributed by atoms with Crippen LogP contribution in [-0.2, 0) is 23.9 Å². The smallest absolute Gasteiger partial charge is 0.344 e. The second-order valence-corrected chi connectivity index (χ2v) is 8.24. The topological polar surface area (TPSA) is 126 Å². The standard InChI is InChI=1S/C19H12ClF3N6O3S/c20-11-2-1-8(3-10(11)19(21,22)23)28-17(31)12-5-24-14(33-12)6-25-18(32)15-9-4-13(30)29-16(9)27-7-26-15/h1-3,5,7H,4,6H2,(H,25,32)(H,28,31)(H,26,27,29,30). The first-order chi connectivity index (χ1) is 15.6. The molecule has 0 bridgehead atoms. The lowest BCUT2D eigenvalue weighted by atomic mass is 10.1. The van der Waals surface area contributed by atoms with Crippen LogP contribution in [0.2, 0.25) is 5.02 Å². The number of halogens is 4. The Morgan fingerprint density at radius 1 is 1.18 bits per heavy atom. The maximum atomic E-state index is 13.0. The van der Waals surface area contributed by atoms with Gasteiger partial charge in [-0.1, -0.05) is 11.6 Å². The Hall–Kier alpha value is -3.58. The van der Waals surface area contributed by atoms with E-state index in [2.05, 4.69) is 30.9 Å². The first-order valence-electron chi connectivity index (χ1n) is 9.16. The molecule has 3 aromatic rings. The number of hydrogen-bond donors (Lipinski definition) is 3. The third-order valence-electron chi connectivity index (χ3n) is 4.46. The van der Waals surface area contributed by atoms with E-state index in [1.807, 2.05) is 0 Å². The van der Waals surface area contributed by atoms with Crippen molar-refractivity contribution >= 4 is 52.2 Å². The Morgan fingerprint density at radius 2 is 1.97 bits per heavy atom. The van der Waals surface area contributed by atoms with Crippen LogP contribution in [0.15, 0.2) is 30.7 Å². The fourth-order valence-electron chi connectivity index (χ4n) is 2.97. The van der Waals surface area contributed by atoms with Crippen LogP contribution in [0, 0.1) is 0 Å².